The molecule has 2 nitrogen and oxygen atoms in total. The Morgan fingerprint density at radius 3 is 2.50 bits per heavy atom. The molecule has 1 aromatic carbocycles. The lowest BCUT2D eigenvalue weighted by molar-refractivity contribution is 0.236. The van der Waals surface area contributed by atoms with E-state index in [2.05, 4.69) is 26.2 Å². The monoisotopic (exact) mass is 260 g/mol. The third kappa shape index (κ3) is 2.69. The highest BCUT2D eigenvalue weighted by Crippen LogP contribution is 2.40. The van der Waals surface area contributed by atoms with Crippen molar-refractivity contribution in [1.29, 1.82) is 0 Å². The summed E-state index contributed by atoms with van der Waals surface area (Å²) < 4.78 is 0. The largest absolute Gasteiger partial charge is 0.271 e. The van der Waals surface area contributed by atoms with E-state index in [1.54, 1.807) is 6.07 Å². The topological polar surface area (TPSA) is 38.0 Å². The maximum Gasteiger partial charge on any atom is 0.0640 e. The second-order valence-corrected chi connectivity index (χ2v) is 5.37. The highest BCUT2D eigenvalue weighted by Gasteiger charge is 2.30. The Morgan fingerprint density at radius 2 is 2.00 bits per heavy atom. The number of hydrogen-bond donors (Lipinski definition) is 2. The summed E-state index contributed by atoms with van der Waals surface area (Å²) in [5.74, 6) is 5.63. The van der Waals surface area contributed by atoms with E-state index in [1.807, 2.05) is 12.1 Å². The molecule has 90 valence electrons. The molecule has 0 radical (unpaired) electrons. The fourth-order valence-corrected chi connectivity index (χ4v) is 2.10. The summed E-state index contributed by atoms with van der Waals surface area (Å²) in [6, 6.07) is 5.61. The molecule has 1 rings (SSSR count). The van der Waals surface area contributed by atoms with Crippen molar-refractivity contribution in [1.82, 2.24) is 5.43 Å². The standard InChI is InChI=1S/C12H18Cl2N2/c1-4-12(2,3)11(16-15)8-6-5-7-9(13)10(8)14/h5-7,11,16H,4,15H2,1-3H3. The maximum absolute atomic E-state index is 6.20. The van der Waals surface area contributed by atoms with E-state index in [1.165, 1.54) is 0 Å². The minimum absolute atomic E-state index is 0.0105. The van der Waals surface area contributed by atoms with E-state index in [-0.39, 0.29) is 11.5 Å². The fourth-order valence-electron chi connectivity index (χ4n) is 1.68. The summed E-state index contributed by atoms with van der Waals surface area (Å²) in [7, 11) is 0. The van der Waals surface area contributed by atoms with E-state index < -0.39 is 0 Å². The van der Waals surface area contributed by atoms with Gasteiger partial charge < -0.3 is 0 Å². The highest BCUT2D eigenvalue weighted by molar-refractivity contribution is 6.42. The first kappa shape index (κ1) is 13.8. The first-order chi connectivity index (χ1) is 7.44. The van der Waals surface area contributed by atoms with Crippen molar-refractivity contribution in [2.24, 2.45) is 11.3 Å². The van der Waals surface area contributed by atoms with E-state index in [4.69, 9.17) is 29.0 Å². The lowest BCUT2D eigenvalue weighted by Gasteiger charge is -2.34. The van der Waals surface area contributed by atoms with E-state index in [0.29, 0.717) is 10.0 Å². The molecule has 1 unspecified atom stereocenters. The number of nitrogens with one attached hydrogen (secondary N) is 1. The van der Waals surface area contributed by atoms with Gasteiger partial charge in [-0.2, -0.15) is 0 Å². The number of benzene rings is 1. The summed E-state index contributed by atoms with van der Waals surface area (Å²) in [5.41, 5.74) is 3.80. The molecule has 0 aliphatic rings. The first-order valence-electron chi connectivity index (χ1n) is 5.34. The van der Waals surface area contributed by atoms with Crippen molar-refractivity contribution in [2.75, 3.05) is 0 Å². The second-order valence-electron chi connectivity index (χ2n) is 4.58. The van der Waals surface area contributed by atoms with Crippen LogP contribution in [0.15, 0.2) is 18.2 Å². The van der Waals surface area contributed by atoms with Gasteiger partial charge in [-0.25, -0.2) is 0 Å². The predicted molar refractivity (Wildman–Crippen MR) is 70.6 cm³/mol. The molecule has 0 saturated carbocycles. The molecule has 0 heterocycles. The molecule has 16 heavy (non-hydrogen) atoms. The van der Waals surface area contributed by atoms with Crippen LogP contribution >= 0.6 is 23.2 Å². The maximum atomic E-state index is 6.20. The molecule has 0 saturated heterocycles. The Bertz CT molecular complexity index is 364. The van der Waals surface area contributed by atoms with Gasteiger partial charge >= 0.3 is 0 Å². The Balaban J connectivity index is 3.19. The first-order valence-corrected chi connectivity index (χ1v) is 6.09. The predicted octanol–water partition coefficient (Wildman–Crippen LogP) is 3.93. The van der Waals surface area contributed by atoms with Gasteiger partial charge in [-0.3, -0.25) is 11.3 Å². The van der Waals surface area contributed by atoms with Crippen molar-refractivity contribution in [3.05, 3.63) is 33.8 Å². The van der Waals surface area contributed by atoms with Crippen LogP contribution in [0.5, 0.6) is 0 Å². The molecule has 1 atom stereocenters. The molecule has 3 N–H and O–H groups in total. The van der Waals surface area contributed by atoms with Crippen molar-refractivity contribution in [3.8, 4) is 0 Å². The summed E-state index contributed by atoms with van der Waals surface area (Å²) in [4.78, 5) is 0. The quantitative estimate of drug-likeness (QED) is 0.636. The molecule has 0 amide bonds. The summed E-state index contributed by atoms with van der Waals surface area (Å²) in [5, 5.41) is 1.14. The lowest BCUT2D eigenvalue weighted by atomic mass is 9.78. The van der Waals surface area contributed by atoms with Crippen molar-refractivity contribution >= 4 is 23.2 Å². The Morgan fingerprint density at radius 1 is 1.38 bits per heavy atom. The van der Waals surface area contributed by atoms with E-state index in [9.17, 15) is 0 Å². The van der Waals surface area contributed by atoms with Gasteiger partial charge in [-0.15, -0.1) is 0 Å². The zero-order valence-electron chi connectivity index (χ0n) is 9.85. The van der Waals surface area contributed by atoms with Crippen molar-refractivity contribution in [2.45, 2.75) is 33.2 Å². The number of halogens is 2. The Hall–Kier alpha value is -0.280. The van der Waals surface area contributed by atoms with Crippen LogP contribution in [0.4, 0.5) is 0 Å². The van der Waals surface area contributed by atoms with Crippen LogP contribution in [0.25, 0.3) is 0 Å². The van der Waals surface area contributed by atoms with Gasteiger partial charge in [-0.05, 0) is 23.5 Å². The van der Waals surface area contributed by atoms with E-state index >= 15 is 0 Å². The third-order valence-corrected chi connectivity index (χ3v) is 3.99. The third-order valence-electron chi connectivity index (χ3n) is 3.15. The van der Waals surface area contributed by atoms with Gasteiger partial charge in [0, 0.05) is 0 Å². The Kier molecular flexibility index (Phi) is 4.62. The average Bonchev–Trinajstić information content (AvgIpc) is 2.25. The molecule has 0 spiro atoms. The van der Waals surface area contributed by atoms with Crippen LogP contribution in [0.1, 0.15) is 38.8 Å². The molecule has 4 heteroatoms. The summed E-state index contributed by atoms with van der Waals surface area (Å²) in [6.07, 6.45) is 0.991. The molecular formula is C12H18Cl2N2. The van der Waals surface area contributed by atoms with Crippen LogP contribution < -0.4 is 11.3 Å². The minimum atomic E-state index is -0.0105. The number of nitrogens with two attached hydrogens (primary N) is 1. The van der Waals surface area contributed by atoms with Crippen LogP contribution in [0, 0.1) is 5.41 Å². The number of rotatable bonds is 4. The molecule has 0 aromatic heterocycles. The fraction of sp³-hybridized carbons (Fsp3) is 0.500. The zero-order valence-corrected chi connectivity index (χ0v) is 11.4. The number of hydrogen-bond acceptors (Lipinski definition) is 2. The molecular weight excluding hydrogens is 243 g/mol. The zero-order chi connectivity index (χ0) is 12.3. The van der Waals surface area contributed by atoms with Crippen molar-refractivity contribution < 1.29 is 0 Å². The normalized spacial score (nSPS) is 13.9. The average molecular weight is 261 g/mol. The molecule has 0 fully saturated rings. The van der Waals surface area contributed by atoms with E-state index in [0.717, 1.165) is 12.0 Å². The summed E-state index contributed by atoms with van der Waals surface area (Å²) >= 11 is 12.2. The van der Waals surface area contributed by atoms with Crippen LogP contribution in [0.2, 0.25) is 10.0 Å². The van der Waals surface area contributed by atoms with Gasteiger partial charge in [0.25, 0.3) is 0 Å². The second kappa shape index (κ2) is 5.37. The molecule has 0 aliphatic carbocycles. The van der Waals surface area contributed by atoms with Gasteiger partial charge in [0.15, 0.2) is 0 Å². The van der Waals surface area contributed by atoms with Crippen LogP contribution in [-0.2, 0) is 0 Å². The van der Waals surface area contributed by atoms with Crippen LogP contribution in [-0.4, -0.2) is 0 Å². The summed E-state index contributed by atoms with van der Waals surface area (Å²) in [6.45, 7) is 6.42. The Labute approximate surface area is 107 Å². The lowest BCUT2D eigenvalue weighted by Crippen LogP contribution is -2.38. The van der Waals surface area contributed by atoms with Gasteiger partial charge in [0.05, 0.1) is 16.1 Å². The molecule has 1 aromatic rings. The smallest absolute Gasteiger partial charge is 0.0640 e. The van der Waals surface area contributed by atoms with Crippen molar-refractivity contribution in [3.63, 3.8) is 0 Å². The number of hydrazine groups is 1. The van der Waals surface area contributed by atoms with Gasteiger partial charge in [-0.1, -0.05) is 56.1 Å². The van der Waals surface area contributed by atoms with Gasteiger partial charge in [0.2, 0.25) is 0 Å². The SMILES string of the molecule is CCC(C)(C)C(NN)c1cccc(Cl)c1Cl. The highest BCUT2D eigenvalue weighted by atomic mass is 35.5. The molecule has 0 aliphatic heterocycles. The minimum Gasteiger partial charge on any atom is -0.271 e. The van der Waals surface area contributed by atoms with Gasteiger partial charge in [0.1, 0.15) is 0 Å². The van der Waals surface area contributed by atoms with Crippen LogP contribution in [0.3, 0.4) is 0 Å². The molecule has 0 bridgehead atoms.